The van der Waals surface area contributed by atoms with E-state index in [2.05, 4.69) is 0 Å². The molecule has 5 nitrogen and oxygen atoms in total. The van der Waals surface area contributed by atoms with Crippen molar-refractivity contribution in [3.63, 3.8) is 0 Å². The maximum absolute atomic E-state index is 14.5. The van der Waals surface area contributed by atoms with Gasteiger partial charge in [-0.3, -0.25) is 4.57 Å². The van der Waals surface area contributed by atoms with Crippen LogP contribution < -0.4 is 0 Å². The highest BCUT2D eigenvalue weighted by molar-refractivity contribution is 7.58. The van der Waals surface area contributed by atoms with Crippen molar-refractivity contribution in [3.05, 3.63) is 11.3 Å². The van der Waals surface area contributed by atoms with Crippen molar-refractivity contribution in [2.24, 2.45) is 0 Å². The molecule has 0 aromatic heterocycles. The fourth-order valence-corrected chi connectivity index (χ4v) is 4.44. The van der Waals surface area contributed by atoms with Gasteiger partial charge in [-0.05, 0) is 27.7 Å². The van der Waals surface area contributed by atoms with Gasteiger partial charge in [0.1, 0.15) is 0 Å². The number of hydrogen-bond donors (Lipinski definition) is 0. The van der Waals surface area contributed by atoms with Crippen molar-refractivity contribution in [2.45, 2.75) is 52.0 Å². The van der Waals surface area contributed by atoms with E-state index in [0.717, 1.165) is 4.90 Å². The van der Waals surface area contributed by atoms with Crippen LogP contribution in [0.15, 0.2) is 11.3 Å². The van der Waals surface area contributed by atoms with Crippen molar-refractivity contribution < 1.29 is 44.7 Å². The van der Waals surface area contributed by atoms with Gasteiger partial charge in [-0.1, -0.05) is 0 Å². The highest BCUT2D eigenvalue weighted by Gasteiger charge is 2.64. The first-order valence-corrected chi connectivity index (χ1v) is 9.41. The number of allylic oxidation sites excluding steroid dienone is 1. The van der Waals surface area contributed by atoms with Gasteiger partial charge in [0.2, 0.25) is 5.83 Å². The van der Waals surface area contributed by atoms with Crippen LogP contribution in [-0.2, 0) is 18.3 Å². The number of rotatable bonds is 7. The fourth-order valence-electron chi connectivity index (χ4n) is 2.15. The molecule has 0 radical (unpaired) electrons. The Morgan fingerprint density at radius 1 is 1.00 bits per heavy atom. The van der Waals surface area contributed by atoms with E-state index >= 15 is 0 Å². The minimum Gasteiger partial charge on any atom is -0.378 e. The summed E-state index contributed by atoms with van der Waals surface area (Å²) in [5, 5.41) is 0. The molecule has 0 unspecified atom stereocenters. The number of morpholine rings is 1. The summed E-state index contributed by atoms with van der Waals surface area (Å²) in [5.74, 6) is -8.74. The van der Waals surface area contributed by atoms with E-state index in [9.17, 15) is 30.9 Å². The number of halogens is 6. The van der Waals surface area contributed by atoms with Gasteiger partial charge in [-0.2, -0.15) is 22.0 Å². The van der Waals surface area contributed by atoms with E-state index in [1.807, 2.05) is 0 Å². The molecule has 1 aliphatic heterocycles. The first-order chi connectivity index (χ1) is 11.7. The van der Waals surface area contributed by atoms with Crippen molar-refractivity contribution in [1.29, 1.82) is 0 Å². The second-order valence-electron chi connectivity index (χ2n) is 6.11. The summed E-state index contributed by atoms with van der Waals surface area (Å²) in [6, 6.07) is 0. The second kappa shape index (κ2) is 8.50. The monoisotopic (exact) mass is 413 g/mol. The van der Waals surface area contributed by atoms with Gasteiger partial charge in [0.25, 0.3) is 0 Å². The van der Waals surface area contributed by atoms with Crippen LogP contribution in [0.2, 0.25) is 0 Å². The Morgan fingerprint density at radius 3 is 1.77 bits per heavy atom. The molecule has 26 heavy (non-hydrogen) atoms. The SMILES string of the molecule is CC(C)OP(=O)(OC(C)C)/C(=C(\F)C(F)(F)C(F)(F)F)N1CCOCC1. The molecule has 0 aromatic rings. The van der Waals surface area contributed by atoms with Gasteiger partial charge >= 0.3 is 19.7 Å². The van der Waals surface area contributed by atoms with E-state index in [1.54, 1.807) is 0 Å². The zero-order chi connectivity index (χ0) is 20.3. The molecule has 1 heterocycles. The van der Waals surface area contributed by atoms with Crippen LogP contribution in [0.3, 0.4) is 0 Å². The van der Waals surface area contributed by atoms with Gasteiger partial charge in [0.05, 0.1) is 25.4 Å². The maximum Gasteiger partial charge on any atom is 0.460 e. The van der Waals surface area contributed by atoms with Gasteiger partial charge in [-0.15, -0.1) is 0 Å². The fraction of sp³-hybridized carbons (Fsp3) is 0.857. The van der Waals surface area contributed by atoms with Crippen molar-refractivity contribution in [2.75, 3.05) is 26.3 Å². The molecule has 1 fully saturated rings. The summed E-state index contributed by atoms with van der Waals surface area (Å²) in [4.78, 5) is 0.796. The molecule has 0 spiro atoms. The summed E-state index contributed by atoms with van der Waals surface area (Å²) >= 11 is 0. The van der Waals surface area contributed by atoms with E-state index in [1.165, 1.54) is 27.7 Å². The standard InChI is InChI=1S/C14H22F6NO4P/c1-9(2)24-26(22,25-10(3)4)12(21-5-7-23-8-6-21)11(15)13(16,17)14(18,19)20/h9-10H,5-8H2,1-4H3/b12-11-. The maximum atomic E-state index is 14.5. The molecule has 1 saturated heterocycles. The Balaban J connectivity index is 3.61. The van der Waals surface area contributed by atoms with Gasteiger partial charge < -0.3 is 18.7 Å². The van der Waals surface area contributed by atoms with Gasteiger partial charge in [0.15, 0.2) is 5.44 Å². The average Bonchev–Trinajstić information content (AvgIpc) is 2.45. The number of alkyl halides is 5. The molecule has 1 rings (SSSR count). The van der Waals surface area contributed by atoms with Crippen LogP contribution in [0, 0.1) is 0 Å². The lowest BCUT2D eigenvalue weighted by atomic mass is 10.3. The topological polar surface area (TPSA) is 48.0 Å². The summed E-state index contributed by atoms with van der Waals surface area (Å²) in [6.45, 7) is 4.84. The van der Waals surface area contributed by atoms with E-state index in [-0.39, 0.29) is 26.3 Å². The molecular formula is C14H22F6NO4P. The largest absolute Gasteiger partial charge is 0.460 e. The van der Waals surface area contributed by atoms with E-state index in [4.69, 9.17) is 13.8 Å². The van der Waals surface area contributed by atoms with E-state index in [0.29, 0.717) is 0 Å². The molecule has 154 valence electrons. The zero-order valence-corrected chi connectivity index (χ0v) is 15.7. The van der Waals surface area contributed by atoms with Crippen LogP contribution in [0.25, 0.3) is 0 Å². The highest BCUT2D eigenvalue weighted by Crippen LogP contribution is 2.62. The second-order valence-corrected chi connectivity index (χ2v) is 7.96. The minimum absolute atomic E-state index is 0.0717. The molecule has 0 N–H and O–H groups in total. The molecule has 0 aliphatic carbocycles. The Labute approximate surface area is 147 Å². The number of ether oxygens (including phenoxy) is 1. The third-order valence-electron chi connectivity index (χ3n) is 3.10. The molecule has 0 aromatic carbocycles. The first-order valence-electron chi connectivity index (χ1n) is 7.87. The van der Waals surface area contributed by atoms with Crippen LogP contribution in [-0.4, -0.2) is 55.5 Å². The summed E-state index contributed by atoms with van der Waals surface area (Å²) in [6.07, 6.45) is -7.99. The van der Waals surface area contributed by atoms with E-state index < -0.39 is 43.2 Å². The highest BCUT2D eigenvalue weighted by atomic mass is 31.2. The quantitative estimate of drug-likeness (QED) is 0.448. The lowest BCUT2D eigenvalue weighted by Gasteiger charge is -2.36. The number of hydrogen-bond acceptors (Lipinski definition) is 5. The van der Waals surface area contributed by atoms with Crippen molar-refractivity contribution in [3.8, 4) is 0 Å². The lowest BCUT2D eigenvalue weighted by molar-refractivity contribution is -0.271. The molecule has 0 amide bonds. The Hall–Kier alpha value is -0.770. The Bertz CT molecular complexity index is 544. The normalized spacial score (nSPS) is 18.5. The molecule has 0 atom stereocenters. The third-order valence-corrected chi connectivity index (χ3v) is 5.49. The molecule has 1 aliphatic rings. The zero-order valence-electron chi connectivity index (χ0n) is 14.8. The van der Waals surface area contributed by atoms with Crippen LogP contribution >= 0.6 is 7.60 Å². The van der Waals surface area contributed by atoms with Gasteiger partial charge in [0, 0.05) is 13.1 Å². The molecular weight excluding hydrogens is 391 g/mol. The summed E-state index contributed by atoms with van der Waals surface area (Å²) in [5.41, 5.74) is -1.41. The van der Waals surface area contributed by atoms with Crippen LogP contribution in [0.4, 0.5) is 26.3 Å². The van der Waals surface area contributed by atoms with Crippen molar-refractivity contribution in [1.82, 2.24) is 4.90 Å². The predicted octanol–water partition coefficient (Wildman–Crippen LogP) is 4.70. The average molecular weight is 413 g/mol. The predicted molar refractivity (Wildman–Crippen MR) is 81.6 cm³/mol. The minimum atomic E-state index is -6.21. The van der Waals surface area contributed by atoms with Crippen LogP contribution in [0.1, 0.15) is 27.7 Å². The Morgan fingerprint density at radius 2 is 1.42 bits per heavy atom. The third kappa shape index (κ3) is 5.37. The van der Waals surface area contributed by atoms with Crippen molar-refractivity contribution >= 4 is 7.60 Å². The molecule has 12 heteroatoms. The summed E-state index contributed by atoms with van der Waals surface area (Å²) in [7, 11) is -4.84. The smallest absolute Gasteiger partial charge is 0.378 e. The lowest BCUT2D eigenvalue weighted by Crippen LogP contribution is -2.42. The first kappa shape index (κ1) is 23.3. The molecule has 0 bridgehead atoms. The Kier molecular flexibility index (Phi) is 7.60. The summed E-state index contributed by atoms with van der Waals surface area (Å²) < 4.78 is 108. The number of nitrogens with zero attached hydrogens (tertiary/aromatic N) is 1. The molecule has 0 saturated carbocycles. The van der Waals surface area contributed by atoms with Gasteiger partial charge in [-0.25, -0.2) is 4.39 Å². The van der Waals surface area contributed by atoms with Crippen LogP contribution in [0.5, 0.6) is 0 Å².